The average Bonchev–Trinajstić information content (AvgIpc) is 2.53. The third-order valence-electron chi connectivity index (χ3n) is 2.03. The largest absolute Gasteiger partial charge is 0.393 e. The number of hydrogen-bond donors (Lipinski definition) is 1. The number of rotatable bonds is 5. The molecule has 0 spiro atoms. The van der Waals surface area contributed by atoms with E-state index in [1.54, 1.807) is 0 Å². The summed E-state index contributed by atoms with van der Waals surface area (Å²) in [6, 6.07) is 0. The van der Waals surface area contributed by atoms with Gasteiger partial charge in [0.05, 0.1) is 6.10 Å². The number of aliphatic hydroxyl groups excluding tert-OH is 1. The zero-order valence-corrected chi connectivity index (χ0v) is 9.84. The summed E-state index contributed by atoms with van der Waals surface area (Å²) in [5.41, 5.74) is 0. The quantitative estimate of drug-likeness (QED) is 0.818. The van der Waals surface area contributed by atoms with Gasteiger partial charge in [-0.15, -0.1) is 0 Å². The van der Waals surface area contributed by atoms with Gasteiger partial charge in [-0.1, -0.05) is 27.2 Å². The number of aliphatic hydroxyl groups is 1. The Morgan fingerprint density at radius 2 is 2.14 bits per heavy atom. The molecule has 1 unspecified atom stereocenters. The molecule has 0 aliphatic carbocycles. The number of hydrogen-bond acceptors (Lipinski definition) is 4. The van der Waals surface area contributed by atoms with E-state index in [0.717, 1.165) is 23.7 Å². The van der Waals surface area contributed by atoms with E-state index < -0.39 is 0 Å². The molecule has 0 saturated carbocycles. The van der Waals surface area contributed by atoms with Gasteiger partial charge in [-0.25, -0.2) is 4.98 Å². The Morgan fingerprint density at radius 1 is 1.43 bits per heavy atom. The summed E-state index contributed by atoms with van der Waals surface area (Å²) in [5, 5.41) is 10.5. The molecule has 0 saturated heterocycles. The zero-order chi connectivity index (χ0) is 10.6. The minimum atomic E-state index is -0.257. The fourth-order valence-corrected chi connectivity index (χ4v) is 2.07. The molecular weight excluding hydrogens is 196 g/mol. The summed E-state index contributed by atoms with van der Waals surface area (Å²) in [5.74, 6) is 1.28. The van der Waals surface area contributed by atoms with Crippen molar-refractivity contribution in [1.82, 2.24) is 9.36 Å². The van der Waals surface area contributed by atoms with Crippen molar-refractivity contribution in [2.24, 2.45) is 0 Å². The van der Waals surface area contributed by atoms with Gasteiger partial charge in [-0.3, -0.25) is 0 Å². The van der Waals surface area contributed by atoms with Crippen LogP contribution in [0.5, 0.6) is 0 Å². The standard InChI is InChI=1S/C10H18N2OS/c1-4-5-8(13)6-9-11-10(7(2)3)12-14-9/h7-8,13H,4-6H2,1-3H3. The van der Waals surface area contributed by atoms with Gasteiger partial charge in [0.25, 0.3) is 0 Å². The van der Waals surface area contributed by atoms with E-state index in [1.165, 1.54) is 11.5 Å². The van der Waals surface area contributed by atoms with Crippen molar-refractivity contribution in [2.75, 3.05) is 0 Å². The van der Waals surface area contributed by atoms with Gasteiger partial charge in [0, 0.05) is 12.3 Å². The van der Waals surface area contributed by atoms with Crippen LogP contribution in [0.4, 0.5) is 0 Å². The van der Waals surface area contributed by atoms with Crippen LogP contribution in [-0.2, 0) is 6.42 Å². The Kier molecular flexibility index (Phi) is 4.48. The van der Waals surface area contributed by atoms with Gasteiger partial charge in [0.15, 0.2) is 0 Å². The fourth-order valence-electron chi connectivity index (χ4n) is 1.22. The first kappa shape index (κ1) is 11.6. The predicted octanol–water partition coefficient (Wildman–Crippen LogP) is 2.37. The average molecular weight is 214 g/mol. The highest BCUT2D eigenvalue weighted by Gasteiger charge is 2.11. The third kappa shape index (κ3) is 3.35. The van der Waals surface area contributed by atoms with Crippen LogP contribution in [0.15, 0.2) is 0 Å². The summed E-state index contributed by atoms with van der Waals surface area (Å²) in [4.78, 5) is 4.38. The van der Waals surface area contributed by atoms with E-state index in [4.69, 9.17) is 0 Å². The molecule has 0 aliphatic heterocycles. The molecule has 0 radical (unpaired) electrons. The molecule has 0 aromatic carbocycles. The lowest BCUT2D eigenvalue weighted by atomic mass is 10.1. The molecule has 1 heterocycles. The van der Waals surface area contributed by atoms with Crippen LogP contribution < -0.4 is 0 Å². The third-order valence-corrected chi connectivity index (χ3v) is 2.78. The Labute approximate surface area is 89.4 Å². The van der Waals surface area contributed by atoms with E-state index in [2.05, 4.69) is 30.1 Å². The minimum absolute atomic E-state index is 0.257. The van der Waals surface area contributed by atoms with Crippen molar-refractivity contribution in [3.63, 3.8) is 0 Å². The van der Waals surface area contributed by atoms with E-state index in [-0.39, 0.29) is 6.10 Å². The Bertz CT molecular complexity index is 273. The molecule has 1 N–H and O–H groups in total. The summed E-state index contributed by atoms with van der Waals surface area (Å²) < 4.78 is 4.25. The molecular formula is C10H18N2OS. The van der Waals surface area contributed by atoms with Crippen molar-refractivity contribution in [3.8, 4) is 0 Å². The molecule has 1 aromatic rings. The first-order chi connectivity index (χ1) is 6.63. The van der Waals surface area contributed by atoms with E-state index in [9.17, 15) is 5.11 Å². The second kappa shape index (κ2) is 5.41. The smallest absolute Gasteiger partial charge is 0.145 e. The molecule has 1 rings (SSSR count). The molecule has 1 atom stereocenters. The van der Waals surface area contributed by atoms with Crippen LogP contribution in [0.25, 0.3) is 0 Å². The zero-order valence-electron chi connectivity index (χ0n) is 9.03. The Hall–Kier alpha value is -0.480. The van der Waals surface area contributed by atoms with Crippen LogP contribution in [-0.4, -0.2) is 20.6 Å². The van der Waals surface area contributed by atoms with Gasteiger partial charge in [-0.05, 0) is 18.0 Å². The van der Waals surface area contributed by atoms with Crippen LogP contribution in [0.2, 0.25) is 0 Å². The fraction of sp³-hybridized carbons (Fsp3) is 0.800. The molecule has 0 aliphatic rings. The first-order valence-electron chi connectivity index (χ1n) is 5.14. The van der Waals surface area contributed by atoms with Crippen molar-refractivity contribution >= 4 is 11.5 Å². The number of nitrogens with zero attached hydrogens (tertiary/aromatic N) is 2. The Morgan fingerprint density at radius 3 is 2.64 bits per heavy atom. The van der Waals surface area contributed by atoms with Gasteiger partial charge >= 0.3 is 0 Å². The lowest BCUT2D eigenvalue weighted by Crippen LogP contribution is -2.09. The Balaban J connectivity index is 2.51. The van der Waals surface area contributed by atoms with Gasteiger partial charge in [0.2, 0.25) is 0 Å². The molecule has 80 valence electrons. The minimum Gasteiger partial charge on any atom is -0.393 e. The predicted molar refractivity (Wildman–Crippen MR) is 58.6 cm³/mol. The van der Waals surface area contributed by atoms with Crippen molar-refractivity contribution < 1.29 is 5.11 Å². The molecule has 14 heavy (non-hydrogen) atoms. The van der Waals surface area contributed by atoms with E-state index in [1.807, 2.05) is 0 Å². The van der Waals surface area contributed by atoms with E-state index >= 15 is 0 Å². The second-order valence-electron chi connectivity index (χ2n) is 3.85. The lowest BCUT2D eigenvalue weighted by molar-refractivity contribution is 0.163. The monoisotopic (exact) mass is 214 g/mol. The van der Waals surface area contributed by atoms with Crippen molar-refractivity contribution in [3.05, 3.63) is 10.8 Å². The number of aromatic nitrogens is 2. The summed E-state index contributed by atoms with van der Waals surface area (Å²) in [6.45, 7) is 6.23. The van der Waals surface area contributed by atoms with Crippen LogP contribution >= 0.6 is 11.5 Å². The maximum atomic E-state index is 9.59. The van der Waals surface area contributed by atoms with Gasteiger partial charge in [-0.2, -0.15) is 4.37 Å². The highest BCUT2D eigenvalue weighted by Crippen LogP contribution is 2.15. The maximum absolute atomic E-state index is 9.59. The second-order valence-corrected chi connectivity index (χ2v) is 4.68. The van der Waals surface area contributed by atoms with Gasteiger partial charge < -0.3 is 5.11 Å². The van der Waals surface area contributed by atoms with Crippen LogP contribution in [0.1, 0.15) is 50.4 Å². The molecule has 3 nitrogen and oxygen atoms in total. The highest BCUT2D eigenvalue weighted by atomic mass is 32.1. The van der Waals surface area contributed by atoms with Gasteiger partial charge in [0.1, 0.15) is 10.8 Å². The summed E-state index contributed by atoms with van der Waals surface area (Å²) in [7, 11) is 0. The van der Waals surface area contributed by atoms with Crippen LogP contribution in [0.3, 0.4) is 0 Å². The summed E-state index contributed by atoms with van der Waals surface area (Å²) >= 11 is 1.41. The lowest BCUT2D eigenvalue weighted by Gasteiger charge is -2.05. The van der Waals surface area contributed by atoms with Crippen molar-refractivity contribution in [2.45, 2.75) is 52.1 Å². The molecule has 0 bridgehead atoms. The van der Waals surface area contributed by atoms with E-state index in [0.29, 0.717) is 12.3 Å². The molecule has 0 amide bonds. The summed E-state index contributed by atoms with van der Waals surface area (Å²) in [6.07, 6.45) is 2.25. The highest BCUT2D eigenvalue weighted by molar-refractivity contribution is 7.05. The topological polar surface area (TPSA) is 46.0 Å². The molecule has 4 heteroatoms. The SMILES string of the molecule is CCCC(O)Cc1nc(C(C)C)ns1. The normalized spacial score (nSPS) is 13.5. The van der Waals surface area contributed by atoms with Crippen LogP contribution in [0, 0.1) is 0 Å². The molecule has 1 aromatic heterocycles. The molecule has 0 fully saturated rings. The maximum Gasteiger partial charge on any atom is 0.145 e. The van der Waals surface area contributed by atoms with Crippen molar-refractivity contribution in [1.29, 1.82) is 0 Å². The first-order valence-corrected chi connectivity index (χ1v) is 5.91.